The van der Waals surface area contributed by atoms with E-state index in [0.717, 1.165) is 4.47 Å². The topological polar surface area (TPSA) is 47.0 Å². The summed E-state index contributed by atoms with van der Waals surface area (Å²) >= 11 is 3.31. The van der Waals surface area contributed by atoms with Gasteiger partial charge in [-0.05, 0) is 22.9 Å². The molecule has 14 heavy (non-hydrogen) atoms. The summed E-state index contributed by atoms with van der Waals surface area (Å²) in [6, 6.07) is 0. The molecule has 1 heterocycles. The first-order chi connectivity index (χ1) is 6.77. The van der Waals surface area contributed by atoms with Crippen molar-refractivity contribution >= 4 is 21.9 Å². The van der Waals surface area contributed by atoms with Crippen molar-refractivity contribution in [3.63, 3.8) is 0 Å². The second-order valence-electron chi connectivity index (χ2n) is 2.48. The lowest BCUT2D eigenvalue weighted by molar-refractivity contribution is 0.345. The molecule has 1 aromatic rings. The molecule has 0 radical (unpaired) electrons. The molecule has 1 rings (SSSR count). The third kappa shape index (κ3) is 2.99. The zero-order chi connectivity index (χ0) is 10.4. The Labute approximate surface area is 91.5 Å². The maximum Gasteiger partial charge on any atom is 0.233 e. The summed E-state index contributed by atoms with van der Waals surface area (Å²) in [4.78, 5) is 8.16. The highest BCUT2D eigenvalue weighted by Gasteiger charge is 2.03. The molecule has 0 atom stereocenters. The van der Waals surface area contributed by atoms with Crippen molar-refractivity contribution < 1.29 is 4.74 Å². The third-order valence-electron chi connectivity index (χ3n) is 1.49. The third-order valence-corrected chi connectivity index (χ3v) is 2.03. The zero-order valence-corrected chi connectivity index (χ0v) is 9.71. The number of aromatic nitrogens is 2. The van der Waals surface area contributed by atoms with Crippen LogP contribution in [0.2, 0.25) is 0 Å². The van der Waals surface area contributed by atoms with Gasteiger partial charge in [0.25, 0.3) is 0 Å². The maximum absolute atomic E-state index is 5.39. The van der Waals surface area contributed by atoms with E-state index in [4.69, 9.17) is 4.74 Å². The van der Waals surface area contributed by atoms with Gasteiger partial charge in [0.05, 0.1) is 10.7 Å². The highest BCUT2D eigenvalue weighted by atomic mass is 79.9. The van der Waals surface area contributed by atoms with E-state index >= 15 is 0 Å². The number of rotatable bonds is 4. The smallest absolute Gasteiger partial charge is 0.233 e. The van der Waals surface area contributed by atoms with E-state index < -0.39 is 0 Å². The molecule has 1 N–H and O–H groups in total. The van der Waals surface area contributed by atoms with Crippen molar-refractivity contribution in [2.24, 2.45) is 0 Å². The molecule has 0 aromatic carbocycles. The predicted molar refractivity (Wildman–Crippen MR) is 59.6 cm³/mol. The highest BCUT2D eigenvalue weighted by molar-refractivity contribution is 9.10. The number of hydrogen-bond donors (Lipinski definition) is 1. The summed E-state index contributed by atoms with van der Waals surface area (Å²) < 4.78 is 6.15. The van der Waals surface area contributed by atoms with Crippen LogP contribution >= 0.6 is 15.9 Å². The Morgan fingerprint density at radius 1 is 1.64 bits per heavy atom. The number of anilines is 1. The van der Waals surface area contributed by atoms with Crippen LogP contribution in [0, 0.1) is 0 Å². The predicted octanol–water partition coefficient (Wildman–Crippen LogP) is 2.24. The first kappa shape index (κ1) is 11.0. The van der Waals surface area contributed by atoms with Crippen molar-refractivity contribution in [3.8, 4) is 5.88 Å². The minimum atomic E-state index is 0.509. The normalized spacial score (nSPS) is 10.5. The van der Waals surface area contributed by atoms with E-state index in [1.54, 1.807) is 13.2 Å². The van der Waals surface area contributed by atoms with Gasteiger partial charge in [0, 0.05) is 7.05 Å². The monoisotopic (exact) mass is 257 g/mol. The van der Waals surface area contributed by atoms with Gasteiger partial charge in [-0.3, -0.25) is 0 Å². The summed E-state index contributed by atoms with van der Waals surface area (Å²) in [5.74, 6) is 1.09. The van der Waals surface area contributed by atoms with Crippen LogP contribution in [0.25, 0.3) is 0 Å². The number of nitrogens with zero attached hydrogens (tertiary/aromatic N) is 2. The molecule has 0 amide bonds. The second kappa shape index (κ2) is 5.59. The van der Waals surface area contributed by atoms with Crippen molar-refractivity contribution in [3.05, 3.63) is 22.8 Å². The van der Waals surface area contributed by atoms with Crippen molar-refractivity contribution in [2.45, 2.75) is 6.92 Å². The largest absolute Gasteiger partial charge is 0.473 e. The average Bonchev–Trinajstić information content (AvgIpc) is 2.21. The molecule has 0 aliphatic carbocycles. The lowest BCUT2D eigenvalue weighted by atomic mass is 10.5. The fraction of sp³-hybridized carbons (Fsp3) is 0.333. The van der Waals surface area contributed by atoms with Crippen LogP contribution in [0.4, 0.5) is 5.95 Å². The molecule has 0 unspecified atom stereocenters. The molecule has 0 fully saturated rings. The lowest BCUT2D eigenvalue weighted by Gasteiger charge is -2.05. The van der Waals surface area contributed by atoms with Crippen molar-refractivity contribution in [2.75, 3.05) is 19.0 Å². The van der Waals surface area contributed by atoms with Crippen LogP contribution in [0.3, 0.4) is 0 Å². The van der Waals surface area contributed by atoms with Gasteiger partial charge >= 0.3 is 0 Å². The standard InChI is InChI=1S/C9H12BrN3O/c1-3-4-5-14-8-7(10)6-12-9(11-2)13-8/h3-4,6H,5H2,1-2H3,(H,11,12,13)/b4-3+. The summed E-state index contributed by atoms with van der Waals surface area (Å²) in [5, 5.41) is 2.84. The molecule has 76 valence electrons. The van der Waals surface area contributed by atoms with Gasteiger partial charge in [-0.25, -0.2) is 4.98 Å². The quantitative estimate of drug-likeness (QED) is 0.841. The van der Waals surface area contributed by atoms with E-state index in [9.17, 15) is 0 Å². The van der Waals surface area contributed by atoms with Crippen LogP contribution in [0.5, 0.6) is 5.88 Å². The molecule has 0 spiro atoms. The lowest BCUT2D eigenvalue weighted by Crippen LogP contribution is -2.01. The van der Waals surface area contributed by atoms with Crippen LogP contribution < -0.4 is 10.1 Å². The average molecular weight is 258 g/mol. The summed E-state index contributed by atoms with van der Waals surface area (Å²) in [7, 11) is 1.76. The number of ether oxygens (including phenoxy) is 1. The van der Waals surface area contributed by atoms with Gasteiger partial charge in [-0.1, -0.05) is 12.2 Å². The first-order valence-corrected chi connectivity index (χ1v) is 5.01. The Hall–Kier alpha value is -1.10. The molecule has 1 aromatic heterocycles. The van der Waals surface area contributed by atoms with Gasteiger partial charge in [-0.2, -0.15) is 4.98 Å². The van der Waals surface area contributed by atoms with Crippen LogP contribution in [-0.2, 0) is 0 Å². The molecule has 0 bridgehead atoms. The SMILES string of the molecule is C/C=C/COc1nc(NC)ncc1Br. The Morgan fingerprint density at radius 3 is 3.07 bits per heavy atom. The second-order valence-corrected chi connectivity index (χ2v) is 3.33. The minimum absolute atomic E-state index is 0.509. The van der Waals surface area contributed by atoms with Gasteiger partial charge < -0.3 is 10.1 Å². The molecule has 5 heteroatoms. The Morgan fingerprint density at radius 2 is 2.43 bits per heavy atom. The molecule has 0 aliphatic rings. The van der Waals surface area contributed by atoms with Crippen LogP contribution in [0.1, 0.15) is 6.92 Å². The fourth-order valence-corrected chi connectivity index (χ4v) is 1.10. The maximum atomic E-state index is 5.39. The Bertz CT molecular complexity index is 328. The Balaban J connectivity index is 2.73. The van der Waals surface area contributed by atoms with Gasteiger partial charge in [0.1, 0.15) is 6.61 Å². The van der Waals surface area contributed by atoms with Gasteiger partial charge in [-0.15, -0.1) is 0 Å². The molecule has 0 saturated heterocycles. The van der Waals surface area contributed by atoms with E-state index in [-0.39, 0.29) is 0 Å². The number of allylic oxidation sites excluding steroid dienone is 1. The minimum Gasteiger partial charge on any atom is -0.473 e. The molecule has 4 nitrogen and oxygen atoms in total. The van der Waals surface area contributed by atoms with Crippen LogP contribution in [-0.4, -0.2) is 23.6 Å². The van der Waals surface area contributed by atoms with Gasteiger partial charge in [0.15, 0.2) is 0 Å². The molecule has 0 saturated carbocycles. The summed E-state index contributed by atoms with van der Waals surface area (Å²) in [6.45, 7) is 2.45. The van der Waals surface area contributed by atoms with Gasteiger partial charge in [0.2, 0.25) is 11.8 Å². The van der Waals surface area contributed by atoms with E-state index in [1.807, 2.05) is 19.1 Å². The molecule has 0 aliphatic heterocycles. The van der Waals surface area contributed by atoms with E-state index in [0.29, 0.717) is 18.4 Å². The summed E-state index contributed by atoms with van der Waals surface area (Å²) in [5.41, 5.74) is 0. The van der Waals surface area contributed by atoms with Crippen LogP contribution in [0.15, 0.2) is 22.8 Å². The highest BCUT2D eigenvalue weighted by Crippen LogP contribution is 2.22. The molecular formula is C9H12BrN3O. The Kier molecular flexibility index (Phi) is 4.39. The zero-order valence-electron chi connectivity index (χ0n) is 8.12. The number of halogens is 1. The van der Waals surface area contributed by atoms with E-state index in [1.165, 1.54) is 0 Å². The van der Waals surface area contributed by atoms with Crippen molar-refractivity contribution in [1.29, 1.82) is 0 Å². The first-order valence-electron chi connectivity index (χ1n) is 4.22. The van der Waals surface area contributed by atoms with Crippen molar-refractivity contribution in [1.82, 2.24) is 9.97 Å². The fourth-order valence-electron chi connectivity index (χ4n) is 0.796. The number of hydrogen-bond acceptors (Lipinski definition) is 4. The number of nitrogens with one attached hydrogen (secondary N) is 1. The molecular weight excluding hydrogens is 246 g/mol. The summed E-state index contributed by atoms with van der Waals surface area (Å²) in [6.07, 6.45) is 5.49. The van der Waals surface area contributed by atoms with E-state index in [2.05, 4.69) is 31.2 Å².